The number of aliphatic hydroxyl groups is 1. The van der Waals surface area contributed by atoms with Crippen LogP contribution in [0.3, 0.4) is 0 Å². The van der Waals surface area contributed by atoms with E-state index in [0.717, 1.165) is 17.8 Å². The van der Waals surface area contributed by atoms with Crippen LogP contribution in [0.15, 0.2) is 70.6 Å². The molecule has 2 aromatic carbocycles. The standard InChI is InChI=1S/C24H21F3N2O4S/c1-33-19-4-2-3-5-21(19)34-20-7-6-14(10-17(20)24(25,26)27)15-8-9-28-22(11-15)29-13-16(30)12-18(29)23(31)32/h2-11,16,18,30H,12-13H2,1H3,(H,31,32)/t16-,18-/m1/s1. The Hall–Kier alpha value is -3.24. The quantitative estimate of drug-likeness (QED) is 0.506. The van der Waals surface area contributed by atoms with Crippen LogP contribution in [0.25, 0.3) is 11.1 Å². The molecule has 2 N–H and O–H groups in total. The second-order valence-corrected chi connectivity index (χ2v) is 8.84. The second-order valence-electron chi connectivity index (χ2n) is 7.76. The van der Waals surface area contributed by atoms with Crippen LogP contribution in [0.5, 0.6) is 5.75 Å². The van der Waals surface area contributed by atoms with Crippen molar-refractivity contribution in [2.45, 2.75) is 34.5 Å². The summed E-state index contributed by atoms with van der Waals surface area (Å²) in [6, 6.07) is 13.1. The van der Waals surface area contributed by atoms with Crippen LogP contribution in [0, 0.1) is 0 Å². The van der Waals surface area contributed by atoms with Crippen LogP contribution in [0.4, 0.5) is 19.0 Å². The third kappa shape index (κ3) is 4.97. The summed E-state index contributed by atoms with van der Waals surface area (Å²) in [6.45, 7) is 0.0791. The molecule has 0 spiro atoms. The van der Waals surface area contributed by atoms with Crippen molar-refractivity contribution in [1.82, 2.24) is 4.98 Å². The van der Waals surface area contributed by atoms with Crippen molar-refractivity contribution in [3.05, 3.63) is 66.4 Å². The molecule has 1 aromatic heterocycles. The third-order valence-electron chi connectivity index (χ3n) is 5.51. The van der Waals surface area contributed by atoms with Crippen molar-refractivity contribution in [3.63, 3.8) is 0 Å². The van der Waals surface area contributed by atoms with Crippen molar-refractivity contribution in [3.8, 4) is 16.9 Å². The largest absolute Gasteiger partial charge is 0.496 e. The number of hydrogen-bond acceptors (Lipinski definition) is 6. The van der Waals surface area contributed by atoms with Crippen LogP contribution >= 0.6 is 11.8 Å². The van der Waals surface area contributed by atoms with Gasteiger partial charge in [-0.2, -0.15) is 13.2 Å². The average Bonchev–Trinajstić information content (AvgIpc) is 3.21. The van der Waals surface area contributed by atoms with Gasteiger partial charge >= 0.3 is 12.1 Å². The predicted octanol–water partition coefficient (Wildman–Crippen LogP) is 4.95. The van der Waals surface area contributed by atoms with Crippen molar-refractivity contribution >= 4 is 23.5 Å². The molecule has 2 heterocycles. The molecule has 1 aliphatic rings. The molecule has 6 nitrogen and oxygen atoms in total. The molecule has 10 heteroatoms. The van der Waals surface area contributed by atoms with E-state index < -0.39 is 29.9 Å². The Morgan fingerprint density at radius 3 is 2.56 bits per heavy atom. The van der Waals surface area contributed by atoms with Gasteiger partial charge in [-0.25, -0.2) is 9.78 Å². The van der Waals surface area contributed by atoms with Crippen LogP contribution in [-0.4, -0.2) is 47.0 Å². The molecule has 1 saturated heterocycles. The fraction of sp³-hybridized carbons (Fsp3) is 0.250. The minimum absolute atomic E-state index is 0.0311. The number of aliphatic hydroxyl groups excluding tert-OH is 1. The van der Waals surface area contributed by atoms with E-state index in [1.54, 1.807) is 36.4 Å². The summed E-state index contributed by atoms with van der Waals surface area (Å²) in [5.74, 6) is -0.340. The van der Waals surface area contributed by atoms with E-state index in [2.05, 4.69) is 4.98 Å². The van der Waals surface area contributed by atoms with Gasteiger partial charge in [0.25, 0.3) is 0 Å². The number of para-hydroxylation sites is 1. The summed E-state index contributed by atoms with van der Waals surface area (Å²) in [5.41, 5.74) is -0.0267. The number of rotatable bonds is 6. The zero-order valence-corrected chi connectivity index (χ0v) is 18.8. The van der Waals surface area contributed by atoms with E-state index in [-0.39, 0.29) is 23.7 Å². The van der Waals surface area contributed by atoms with Gasteiger partial charge < -0.3 is 19.8 Å². The summed E-state index contributed by atoms with van der Waals surface area (Å²) in [5, 5.41) is 19.4. The minimum Gasteiger partial charge on any atom is -0.496 e. The number of β-amino-alcohol motifs (C(OH)–C–C–N with tert-alkyl or cyclic N) is 1. The van der Waals surface area contributed by atoms with Crippen LogP contribution in [-0.2, 0) is 11.0 Å². The molecule has 0 amide bonds. The Labute approximate surface area is 198 Å². The first kappa shape index (κ1) is 23.9. The first-order chi connectivity index (χ1) is 16.2. The second kappa shape index (κ2) is 9.55. The highest BCUT2D eigenvalue weighted by atomic mass is 32.2. The fourth-order valence-corrected chi connectivity index (χ4v) is 4.95. The lowest BCUT2D eigenvalue weighted by atomic mass is 10.0. The monoisotopic (exact) mass is 490 g/mol. The van der Waals surface area contributed by atoms with Gasteiger partial charge in [0.1, 0.15) is 17.6 Å². The number of aliphatic carboxylic acids is 1. The molecule has 1 aliphatic heterocycles. The number of benzene rings is 2. The van der Waals surface area contributed by atoms with Crippen LogP contribution < -0.4 is 9.64 Å². The number of ether oxygens (including phenoxy) is 1. The molecule has 0 aliphatic carbocycles. The normalized spacial score (nSPS) is 18.2. The highest BCUT2D eigenvalue weighted by molar-refractivity contribution is 7.99. The maximum absolute atomic E-state index is 14.0. The summed E-state index contributed by atoms with van der Waals surface area (Å²) in [6.07, 6.45) is -3.95. The Bertz CT molecular complexity index is 1200. The average molecular weight is 491 g/mol. The summed E-state index contributed by atoms with van der Waals surface area (Å²) in [7, 11) is 1.46. The summed E-state index contributed by atoms with van der Waals surface area (Å²) in [4.78, 5) is 17.8. The lowest BCUT2D eigenvalue weighted by molar-refractivity contribution is -0.140. The zero-order valence-electron chi connectivity index (χ0n) is 18.0. The molecule has 2 atom stereocenters. The number of carbonyl (C=O) groups is 1. The van der Waals surface area contributed by atoms with Crippen molar-refractivity contribution < 1.29 is 32.9 Å². The summed E-state index contributed by atoms with van der Waals surface area (Å²) < 4.78 is 47.2. The van der Waals surface area contributed by atoms with E-state index in [0.29, 0.717) is 21.8 Å². The number of aromatic nitrogens is 1. The van der Waals surface area contributed by atoms with E-state index in [4.69, 9.17) is 4.74 Å². The highest BCUT2D eigenvalue weighted by Crippen LogP contribution is 2.43. The Balaban J connectivity index is 1.71. The fourth-order valence-electron chi connectivity index (χ4n) is 3.90. The Kier molecular flexibility index (Phi) is 6.72. The number of pyridine rings is 1. The maximum atomic E-state index is 14.0. The predicted molar refractivity (Wildman–Crippen MR) is 121 cm³/mol. The molecule has 1 fully saturated rings. The lowest BCUT2D eigenvalue weighted by Gasteiger charge is -2.22. The Morgan fingerprint density at radius 2 is 1.85 bits per heavy atom. The number of nitrogens with zero attached hydrogens (tertiary/aromatic N) is 2. The molecule has 3 aromatic rings. The Morgan fingerprint density at radius 1 is 1.12 bits per heavy atom. The van der Waals surface area contributed by atoms with Gasteiger partial charge in [-0.15, -0.1) is 0 Å². The minimum atomic E-state index is -4.59. The molecule has 0 bridgehead atoms. The lowest BCUT2D eigenvalue weighted by Crippen LogP contribution is -2.36. The number of carboxylic acids is 1. The number of carboxylic acid groups (broad SMARTS) is 1. The number of alkyl halides is 3. The highest BCUT2D eigenvalue weighted by Gasteiger charge is 2.37. The van der Waals surface area contributed by atoms with Crippen LogP contribution in [0.1, 0.15) is 12.0 Å². The van der Waals surface area contributed by atoms with Gasteiger partial charge in [-0.3, -0.25) is 0 Å². The van der Waals surface area contributed by atoms with Crippen LogP contribution in [0.2, 0.25) is 0 Å². The van der Waals surface area contributed by atoms with Gasteiger partial charge in [0.05, 0.1) is 23.7 Å². The van der Waals surface area contributed by atoms with Gasteiger partial charge in [-0.1, -0.05) is 30.0 Å². The molecule has 178 valence electrons. The third-order valence-corrected chi connectivity index (χ3v) is 6.64. The van der Waals surface area contributed by atoms with Gasteiger partial charge in [0.2, 0.25) is 0 Å². The summed E-state index contributed by atoms with van der Waals surface area (Å²) >= 11 is 0.965. The molecule has 34 heavy (non-hydrogen) atoms. The van der Waals surface area contributed by atoms with Crippen molar-refractivity contribution in [2.24, 2.45) is 0 Å². The smallest absolute Gasteiger partial charge is 0.417 e. The maximum Gasteiger partial charge on any atom is 0.417 e. The van der Waals surface area contributed by atoms with E-state index >= 15 is 0 Å². The van der Waals surface area contributed by atoms with Crippen molar-refractivity contribution in [1.29, 1.82) is 0 Å². The molecular formula is C24H21F3N2O4S. The number of halogens is 3. The first-order valence-electron chi connectivity index (χ1n) is 10.3. The molecule has 4 rings (SSSR count). The molecular weight excluding hydrogens is 469 g/mol. The van der Waals surface area contributed by atoms with E-state index in [1.165, 1.54) is 30.3 Å². The topological polar surface area (TPSA) is 82.9 Å². The number of anilines is 1. The van der Waals surface area contributed by atoms with Crippen molar-refractivity contribution in [2.75, 3.05) is 18.6 Å². The SMILES string of the molecule is COc1ccccc1Sc1ccc(-c2ccnc(N3C[C@H](O)C[C@@H]3C(=O)O)c2)cc1C(F)(F)F. The van der Waals surface area contributed by atoms with E-state index in [9.17, 15) is 28.2 Å². The first-order valence-corrected chi connectivity index (χ1v) is 11.1. The van der Waals surface area contributed by atoms with E-state index in [1.807, 2.05) is 0 Å². The molecule has 0 radical (unpaired) electrons. The molecule has 0 unspecified atom stereocenters. The van der Waals surface area contributed by atoms with Gasteiger partial charge in [-0.05, 0) is 47.5 Å². The zero-order chi connectivity index (χ0) is 24.5. The van der Waals surface area contributed by atoms with Gasteiger partial charge in [0.15, 0.2) is 0 Å². The number of hydrogen-bond donors (Lipinski definition) is 2. The molecule has 0 saturated carbocycles. The van der Waals surface area contributed by atoms with Gasteiger partial charge in [0, 0.05) is 24.1 Å². The number of methoxy groups -OCH3 is 1.